The van der Waals surface area contributed by atoms with Gasteiger partial charge in [-0.3, -0.25) is 4.90 Å². The van der Waals surface area contributed by atoms with Gasteiger partial charge in [0.1, 0.15) is 0 Å². The van der Waals surface area contributed by atoms with Crippen LogP contribution < -0.4 is 11.5 Å². The molecule has 0 aromatic rings. The first-order valence-electron chi connectivity index (χ1n) is 4.06. The van der Waals surface area contributed by atoms with Crippen LogP contribution in [0, 0.1) is 0 Å². The molecule has 0 fully saturated rings. The monoisotopic (exact) mass is 397 g/mol. The zero-order valence-electron chi connectivity index (χ0n) is 7.18. The number of nitrogens with two attached hydrogens (primary N) is 2. The second-order valence-electron chi connectivity index (χ2n) is 2.54. The van der Waals surface area contributed by atoms with Crippen molar-refractivity contribution in [2.75, 3.05) is 35.0 Å². The molecule has 0 saturated carbocycles. The quantitative estimate of drug-likeness (QED) is 0.485. The van der Waals surface area contributed by atoms with E-state index in [-0.39, 0.29) is 0 Å². The fourth-order valence-corrected chi connectivity index (χ4v) is 2.33. The second kappa shape index (κ2) is 8.92. The summed E-state index contributed by atoms with van der Waals surface area (Å²) in [5.41, 5.74) is 11.2. The maximum Gasteiger partial charge on any atom is 0.0341 e. The van der Waals surface area contributed by atoms with Crippen molar-refractivity contribution in [2.45, 2.75) is 6.04 Å². The lowest BCUT2D eigenvalue weighted by Crippen LogP contribution is -2.47. The fraction of sp³-hybridized carbons (Fsp3) is 1.00. The molecule has 0 saturated heterocycles. The first-order valence-corrected chi connectivity index (χ1v) is 7.11. The first-order chi connectivity index (χ1) is 5.79. The number of alkyl halides is 2. The van der Waals surface area contributed by atoms with Crippen LogP contribution in [-0.2, 0) is 0 Å². The molecule has 0 amide bonds. The van der Waals surface area contributed by atoms with Crippen molar-refractivity contribution in [2.24, 2.45) is 11.5 Å². The summed E-state index contributed by atoms with van der Waals surface area (Å²) in [5.74, 6) is 0. The predicted octanol–water partition coefficient (Wildman–Crippen LogP) is 0.444. The Morgan fingerprint density at radius 2 is 1.42 bits per heavy atom. The maximum atomic E-state index is 5.62. The minimum Gasteiger partial charge on any atom is -0.329 e. The Balaban J connectivity index is 3.86. The van der Waals surface area contributed by atoms with Crippen LogP contribution in [-0.4, -0.2) is 46.0 Å². The van der Waals surface area contributed by atoms with Gasteiger partial charge in [0.15, 0.2) is 0 Å². The van der Waals surface area contributed by atoms with Crippen molar-refractivity contribution >= 4 is 45.2 Å². The Kier molecular flexibility index (Phi) is 9.91. The van der Waals surface area contributed by atoms with E-state index in [0.29, 0.717) is 19.1 Å². The molecular weight excluding hydrogens is 380 g/mol. The Labute approximate surface area is 102 Å². The van der Waals surface area contributed by atoms with Gasteiger partial charge in [0.25, 0.3) is 0 Å². The van der Waals surface area contributed by atoms with Gasteiger partial charge in [-0.2, -0.15) is 0 Å². The molecule has 0 aromatic carbocycles. The summed E-state index contributed by atoms with van der Waals surface area (Å²) in [6.45, 7) is 3.54. The molecule has 4 N–H and O–H groups in total. The summed E-state index contributed by atoms with van der Waals surface area (Å²) >= 11 is 4.77. The highest BCUT2D eigenvalue weighted by atomic mass is 127. The largest absolute Gasteiger partial charge is 0.329 e. The molecule has 0 aromatic heterocycles. The zero-order chi connectivity index (χ0) is 9.40. The van der Waals surface area contributed by atoms with Crippen LogP contribution in [0.3, 0.4) is 0 Å². The van der Waals surface area contributed by atoms with Gasteiger partial charge < -0.3 is 11.5 Å². The molecule has 0 aliphatic carbocycles. The molecule has 0 spiro atoms. The fourth-order valence-electron chi connectivity index (χ4n) is 1.09. The van der Waals surface area contributed by atoms with E-state index in [0.717, 1.165) is 21.9 Å². The van der Waals surface area contributed by atoms with E-state index in [4.69, 9.17) is 11.5 Å². The zero-order valence-corrected chi connectivity index (χ0v) is 11.5. The van der Waals surface area contributed by atoms with Crippen LogP contribution in [0.2, 0.25) is 0 Å². The summed E-state index contributed by atoms with van der Waals surface area (Å²) in [7, 11) is 0. The van der Waals surface area contributed by atoms with Gasteiger partial charge >= 0.3 is 0 Å². The van der Waals surface area contributed by atoms with Gasteiger partial charge in [-0.1, -0.05) is 45.2 Å². The second-order valence-corrected chi connectivity index (χ2v) is 4.70. The summed E-state index contributed by atoms with van der Waals surface area (Å²) < 4.78 is 2.29. The van der Waals surface area contributed by atoms with Crippen molar-refractivity contribution in [1.82, 2.24) is 4.90 Å². The van der Waals surface area contributed by atoms with E-state index in [1.807, 2.05) is 0 Å². The molecule has 0 unspecified atom stereocenters. The number of halogens is 2. The number of rotatable bonds is 7. The van der Waals surface area contributed by atoms with Crippen molar-refractivity contribution in [3.63, 3.8) is 0 Å². The lowest BCUT2D eigenvalue weighted by Gasteiger charge is -2.28. The average Bonchev–Trinajstić information content (AvgIpc) is 2.07. The van der Waals surface area contributed by atoms with Gasteiger partial charge in [-0.05, 0) is 0 Å². The molecule has 5 heteroatoms. The van der Waals surface area contributed by atoms with E-state index in [1.54, 1.807) is 0 Å². The lowest BCUT2D eigenvalue weighted by molar-refractivity contribution is 0.233. The molecule has 0 radical (unpaired) electrons. The Morgan fingerprint density at radius 3 is 1.67 bits per heavy atom. The maximum absolute atomic E-state index is 5.62. The third-order valence-corrected chi connectivity index (χ3v) is 2.77. The summed E-state index contributed by atoms with van der Waals surface area (Å²) in [6.07, 6.45) is 0. The SMILES string of the molecule is NCC(CN)N(CCI)CCI. The third kappa shape index (κ3) is 5.15. The van der Waals surface area contributed by atoms with E-state index in [1.165, 1.54) is 0 Å². The minimum absolute atomic E-state index is 0.370. The van der Waals surface area contributed by atoms with E-state index in [2.05, 4.69) is 50.1 Å². The third-order valence-electron chi connectivity index (χ3n) is 1.80. The molecule has 74 valence electrons. The van der Waals surface area contributed by atoms with Crippen LogP contribution in [0.15, 0.2) is 0 Å². The topological polar surface area (TPSA) is 55.3 Å². The molecule has 3 nitrogen and oxygen atoms in total. The first kappa shape index (κ1) is 13.3. The minimum atomic E-state index is 0.370. The van der Waals surface area contributed by atoms with Gasteiger partial charge in [-0.25, -0.2) is 0 Å². The summed E-state index contributed by atoms with van der Waals surface area (Å²) in [4.78, 5) is 2.37. The van der Waals surface area contributed by atoms with Gasteiger partial charge in [0.05, 0.1) is 0 Å². The van der Waals surface area contributed by atoms with Gasteiger partial charge in [0, 0.05) is 41.1 Å². The lowest BCUT2D eigenvalue weighted by atomic mass is 10.2. The molecule has 0 aliphatic rings. The van der Waals surface area contributed by atoms with E-state index < -0.39 is 0 Å². The molecule has 0 atom stereocenters. The Bertz CT molecular complexity index is 92.7. The number of hydrogen-bond acceptors (Lipinski definition) is 3. The Hall–Kier alpha value is 1.34. The predicted molar refractivity (Wildman–Crippen MR) is 71.2 cm³/mol. The van der Waals surface area contributed by atoms with Crippen LogP contribution in [0.5, 0.6) is 0 Å². The van der Waals surface area contributed by atoms with Crippen LogP contribution in [0.1, 0.15) is 0 Å². The number of hydrogen-bond donors (Lipinski definition) is 2. The highest BCUT2D eigenvalue weighted by Crippen LogP contribution is 2.00. The standard InChI is InChI=1S/C7H17I2N3/c8-1-3-12(4-2-9)7(5-10)6-11/h7H,1-6,10-11H2. The summed E-state index contributed by atoms with van der Waals surface area (Å²) in [5, 5.41) is 0. The Morgan fingerprint density at radius 1 is 1.00 bits per heavy atom. The van der Waals surface area contributed by atoms with Crippen LogP contribution in [0.25, 0.3) is 0 Å². The van der Waals surface area contributed by atoms with E-state index >= 15 is 0 Å². The smallest absolute Gasteiger partial charge is 0.0341 e. The van der Waals surface area contributed by atoms with Crippen molar-refractivity contribution in [1.29, 1.82) is 0 Å². The van der Waals surface area contributed by atoms with Gasteiger partial charge in [-0.15, -0.1) is 0 Å². The van der Waals surface area contributed by atoms with Crippen molar-refractivity contribution in [3.05, 3.63) is 0 Å². The highest BCUT2D eigenvalue weighted by molar-refractivity contribution is 14.1. The molecule has 0 rings (SSSR count). The average molecular weight is 397 g/mol. The normalized spacial score (nSPS) is 11.5. The molecule has 0 bridgehead atoms. The van der Waals surface area contributed by atoms with Crippen molar-refractivity contribution < 1.29 is 0 Å². The number of nitrogens with zero attached hydrogens (tertiary/aromatic N) is 1. The summed E-state index contributed by atoms with van der Waals surface area (Å²) in [6, 6.07) is 0.370. The molecular formula is C7H17I2N3. The highest BCUT2D eigenvalue weighted by Gasteiger charge is 2.13. The molecule has 0 heterocycles. The van der Waals surface area contributed by atoms with E-state index in [9.17, 15) is 0 Å². The van der Waals surface area contributed by atoms with Crippen LogP contribution >= 0.6 is 45.2 Å². The van der Waals surface area contributed by atoms with Crippen LogP contribution in [0.4, 0.5) is 0 Å². The molecule has 12 heavy (non-hydrogen) atoms. The molecule has 0 aliphatic heterocycles. The van der Waals surface area contributed by atoms with Crippen molar-refractivity contribution in [3.8, 4) is 0 Å². The van der Waals surface area contributed by atoms with Gasteiger partial charge in [0.2, 0.25) is 0 Å².